The highest BCUT2D eigenvalue weighted by molar-refractivity contribution is 5.55. The Labute approximate surface area is 103 Å². The molecule has 3 N–H and O–H groups in total. The van der Waals surface area contributed by atoms with Crippen LogP contribution >= 0.6 is 0 Å². The summed E-state index contributed by atoms with van der Waals surface area (Å²) in [5, 5.41) is 10.1. The first-order valence-electron chi connectivity index (χ1n) is 5.29. The molecule has 0 bridgehead atoms. The van der Waals surface area contributed by atoms with E-state index in [2.05, 4.69) is 15.5 Å². The normalized spacial score (nSPS) is 12.2. The fraction of sp³-hybridized carbons (Fsp3) is 0.273. The summed E-state index contributed by atoms with van der Waals surface area (Å²) in [6, 6.07) is 3.99. The molecule has 1 aromatic carbocycles. The Hall–Kier alpha value is -2.15. The van der Waals surface area contributed by atoms with Crippen LogP contribution in [0.25, 0.3) is 0 Å². The molecular formula is C11H13FN4O2. The van der Waals surface area contributed by atoms with Crippen molar-refractivity contribution in [3.05, 3.63) is 29.9 Å². The second-order valence-electron chi connectivity index (χ2n) is 3.70. The number of aromatic nitrogens is 2. The van der Waals surface area contributed by atoms with Crippen LogP contribution in [0.5, 0.6) is 5.75 Å². The molecule has 1 unspecified atom stereocenters. The number of rotatable bonds is 4. The lowest BCUT2D eigenvalue weighted by Crippen LogP contribution is -2.04. The molecule has 0 aliphatic heterocycles. The highest BCUT2D eigenvalue weighted by Crippen LogP contribution is 2.24. The van der Waals surface area contributed by atoms with Crippen molar-refractivity contribution >= 4 is 11.7 Å². The minimum Gasteiger partial charge on any atom is -0.497 e. The van der Waals surface area contributed by atoms with Crippen molar-refractivity contribution in [1.82, 2.24) is 10.2 Å². The third-order valence-electron chi connectivity index (χ3n) is 2.25. The first-order chi connectivity index (χ1) is 8.60. The van der Waals surface area contributed by atoms with Gasteiger partial charge in [0.1, 0.15) is 11.6 Å². The highest BCUT2D eigenvalue weighted by atomic mass is 19.1. The molecule has 0 spiro atoms. The van der Waals surface area contributed by atoms with E-state index >= 15 is 0 Å². The van der Waals surface area contributed by atoms with Gasteiger partial charge in [0.25, 0.3) is 0 Å². The lowest BCUT2D eigenvalue weighted by molar-refractivity contribution is 0.414. The maximum Gasteiger partial charge on any atom is 0.320 e. The van der Waals surface area contributed by atoms with Crippen molar-refractivity contribution in [2.75, 3.05) is 12.4 Å². The highest BCUT2D eigenvalue weighted by Gasteiger charge is 2.12. The number of ether oxygens (including phenoxy) is 1. The molecule has 96 valence electrons. The van der Waals surface area contributed by atoms with Gasteiger partial charge < -0.3 is 20.2 Å². The summed E-state index contributed by atoms with van der Waals surface area (Å²) in [6.07, 6.45) is 0. The summed E-state index contributed by atoms with van der Waals surface area (Å²) >= 11 is 0. The molecule has 0 aliphatic rings. The van der Waals surface area contributed by atoms with Crippen LogP contribution in [0.4, 0.5) is 16.1 Å². The zero-order chi connectivity index (χ0) is 13.1. The Balaban J connectivity index is 2.22. The lowest BCUT2D eigenvalue weighted by atomic mass is 10.3. The van der Waals surface area contributed by atoms with Crippen molar-refractivity contribution < 1.29 is 13.5 Å². The summed E-state index contributed by atoms with van der Waals surface area (Å²) in [5.41, 5.74) is 5.77. The van der Waals surface area contributed by atoms with Crippen molar-refractivity contribution in [3.63, 3.8) is 0 Å². The second kappa shape index (κ2) is 5.01. The van der Waals surface area contributed by atoms with Gasteiger partial charge in [-0.25, -0.2) is 4.39 Å². The molecule has 2 aromatic rings. The summed E-state index contributed by atoms with van der Waals surface area (Å²) in [7, 11) is 1.50. The maximum atomic E-state index is 13.5. The van der Waals surface area contributed by atoms with Crippen LogP contribution < -0.4 is 15.8 Å². The predicted molar refractivity (Wildman–Crippen MR) is 63.1 cm³/mol. The average molecular weight is 252 g/mol. The van der Waals surface area contributed by atoms with Crippen molar-refractivity contribution in [3.8, 4) is 5.75 Å². The molecule has 1 aromatic heterocycles. The van der Waals surface area contributed by atoms with Gasteiger partial charge in [-0.2, -0.15) is 0 Å². The van der Waals surface area contributed by atoms with E-state index < -0.39 is 5.82 Å². The number of nitrogens with zero attached hydrogens (tertiary/aromatic N) is 2. The third kappa shape index (κ3) is 2.57. The zero-order valence-corrected chi connectivity index (χ0v) is 9.98. The molecule has 0 saturated heterocycles. The van der Waals surface area contributed by atoms with Crippen molar-refractivity contribution in [1.29, 1.82) is 0 Å². The summed E-state index contributed by atoms with van der Waals surface area (Å²) in [4.78, 5) is 0. The topological polar surface area (TPSA) is 86.2 Å². The maximum absolute atomic E-state index is 13.5. The monoisotopic (exact) mass is 252 g/mol. The van der Waals surface area contributed by atoms with E-state index in [0.29, 0.717) is 5.75 Å². The van der Waals surface area contributed by atoms with Crippen LogP contribution in [0.2, 0.25) is 0 Å². The Bertz CT molecular complexity index is 542. The van der Waals surface area contributed by atoms with Crippen molar-refractivity contribution in [2.45, 2.75) is 13.0 Å². The Morgan fingerprint density at radius 2 is 2.22 bits per heavy atom. The Kier molecular flexibility index (Phi) is 3.42. The fourth-order valence-electron chi connectivity index (χ4n) is 1.31. The number of methoxy groups -OCH3 is 1. The number of nitrogens with two attached hydrogens (primary N) is 1. The Morgan fingerprint density at radius 3 is 2.83 bits per heavy atom. The number of halogens is 1. The minimum atomic E-state index is -0.448. The average Bonchev–Trinajstić information content (AvgIpc) is 2.81. The SMILES string of the molecule is COc1ccc(F)c(Nc2nnc(C(C)N)o2)c1. The minimum absolute atomic E-state index is 0.0782. The molecule has 0 saturated carbocycles. The van der Waals surface area contributed by atoms with Gasteiger partial charge in [0.15, 0.2) is 0 Å². The largest absolute Gasteiger partial charge is 0.497 e. The van der Waals surface area contributed by atoms with E-state index in [0.717, 1.165) is 0 Å². The van der Waals surface area contributed by atoms with Gasteiger partial charge in [0.05, 0.1) is 18.8 Å². The Morgan fingerprint density at radius 1 is 1.44 bits per heavy atom. The molecule has 0 fully saturated rings. The smallest absolute Gasteiger partial charge is 0.320 e. The second-order valence-corrected chi connectivity index (χ2v) is 3.70. The zero-order valence-electron chi connectivity index (χ0n) is 9.98. The number of hydrogen-bond donors (Lipinski definition) is 2. The number of anilines is 2. The molecule has 6 nitrogen and oxygen atoms in total. The van der Waals surface area contributed by atoms with Crippen LogP contribution in [0.1, 0.15) is 18.9 Å². The number of benzene rings is 1. The number of hydrogen-bond acceptors (Lipinski definition) is 6. The van der Waals surface area contributed by atoms with Crippen LogP contribution in [0.15, 0.2) is 22.6 Å². The van der Waals surface area contributed by atoms with E-state index in [1.165, 1.54) is 25.3 Å². The van der Waals surface area contributed by atoms with E-state index in [9.17, 15) is 4.39 Å². The lowest BCUT2D eigenvalue weighted by Gasteiger charge is -2.05. The van der Waals surface area contributed by atoms with E-state index in [4.69, 9.17) is 14.9 Å². The third-order valence-corrected chi connectivity index (χ3v) is 2.25. The van der Waals surface area contributed by atoms with Gasteiger partial charge in [-0.1, -0.05) is 5.10 Å². The van der Waals surface area contributed by atoms with E-state index in [1.54, 1.807) is 6.92 Å². The molecule has 18 heavy (non-hydrogen) atoms. The first-order valence-corrected chi connectivity index (χ1v) is 5.29. The van der Waals surface area contributed by atoms with E-state index in [-0.39, 0.29) is 23.6 Å². The van der Waals surface area contributed by atoms with Gasteiger partial charge in [0, 0.05) is 6.07 Å². The van der Waals surface area contributed by atoms with Crippen LogP contribution in [-0.2, 0) is 0 Å². The van der Waals surface area contributed by atoms with Gasteiger partial charge in [0.2, 0.25) is 5.89 Å². The molecule has 7 heteroatoms. The summed E-state index contributed by atoms with van der Waals surface area (Å²) in [6.45, 7) is 1.71. The summed E-state index contributed by atoms with van der Waals surface area (Å²) < 4.78 is 23.7. The van der Waals surface area contributed by atoms with Gasteiger partial charge in [-0.3, -0.25) is 0 Å². The van der Waals surface area contributed by atoms with Gasteiger partial charge in [-0.15, -0.1) is 5.10 Å². The van der Waals surface area contributed by atoms with Gasteiger partial charge >= 0.3 is 6.01 Å². The van der Waals surface area contributed by atoms with Crippen LogP contribution in [0.3, 0.4) is 0 Å². The molecule has 2 rings (SSSR count). The van der Waals surface area contributed by atoms with Crippen molar-refractivity contribution in [2.24, 2.45) is 5.73 Å². The molecule has 1 atom stereocenters. The number of nitrogens with one attached hydrogen (secondary N) is 1. The van der Waals surface area contributed by atoms with Gasteiger partial charge in [-0.05, 0) is 19.1 Å². The quantitative estimate of drug-likeness (QED) is 0.865. The van der Waals surface area contributed by atoms with E-state index in [1.807, 2.05) is 0 Å². The molecule has 1 heterocycles. The standard InChI is InChI=1S/C11H13FN4O2/c1-6(13)10-15-16-11(18-10)14-9-5-7(17-2)3-4-8(9)12/h3-6H,13H2,1-2H3,(H,14,16). The first kappa shape index (κ1) is 12.3. The van der Waals surface area contributed by atoms with Crippen LogP contribution in [-0.4, -0.2) is 17.3 Å². The summed E-state index contributed by atoms with van der Waals surface area (Å²) in [5.74, 6) is 0.350. The molecule has 0 amide bonds. The molecular weight excluding hydrogens is 239 g/mol. The molecule has 0 aliphatic carbocycles. The fourth-order valence-corrected chi connectivity index (χ4v) is 1.31. The van der Waals surface area contributed by atoms with Crippen LogP contribution in [0, 0.1) is 5.82 Å². The predicted octanol–water partition coefficient (Wildman–Crippen LogP) is 1.98. The molecule has 0 radical (unpaired) electrons.